The molecule has 0 saturated carbocycles. The highest BCUT2D eigenvalue weighted by molar-refractivity contribution is 9.10. The van der Waals surface area contributed by atoms with Gasteiger partial charge in [-0.05, 0) is 76.9 Å². The molecule has 1 N–H and O–H groups in total. The molecule has 128 valence electrons. The molecule has 24 heavy (non-hydrogen) atoms. The molecular weight excluding hydrogens is 444 g/mol. The Labute approximate surface area is 156 Å². The Morgan fingerprint density at radius 1 is 0.958 bits per heavy atom. The van der Waals surface area contributed by atoms with E-state index in [1.165, 1.54) is 12.3 Å². The number of nitrogens with zero attached hydrogens (tertiary/aromatic N) is 2. The van der Waals surface area contributed by atoms with E-state index in [1.807, 2.05) is 20.8 Å². The molecule has 2 rings (SSSR count). The Morgan fingerprint density at radius 2 is 1.42 bits per heavy atom. The van der Waals surface area contributed by atoms with Crippen LogP contribution in [0.3, 0.4) is 0 Å². The predicted octanol–water partition coefficient (Wildman–Crippen LogP) is 4.34. The van der Waals surface area contributed by atoms with Gasteiger partial charge in [0, 0.05) is 21.3 Å². The molecule has 8 heteroatoms. The maximum atomic E-state index is 11.5. The van der Waals surface area contributed by atoms with Crippen LogP contribution in [0.15, 0.2) is 45.6 Å². The number of hydrogen-bond acceptors (Lipinski definition) is 5. The third-order valence-corrected chi connectivity index (χ3v) is 3.22. The number of aromatic nitrogens is 2. The standard InChI is InChI=1S/C10H12BrNO2.C6H4BrNO2/c1-10(2,3)14-9(13)8-5-4-7(11)6-12-8;7-4-1-2-5(6(9)10)8-3-4/h4-6H,1-3H3;1-3H,(H,9,10). The van der Waals surface area contributed by atoms with E-state index in [2.05, 4.69) is 41.8 Å². The average Bonchev–Trinajstić information content (AvgIpc) is 2.47. The number of pyridine rings is 2. The van der Waals surface area contributed by atoms with Gasteiger partial charge in [0.1, 0.15) is 17.0 Å². The zero-order valence-corrected chi connectivity index (χ0v) is 16.5. The number of carboxylic acids is 1. The summed E-state index contributed by atoms with van der Waals surface area (Å²) < 4.78 is 6.76. The lowest BCUT2D eigenvalue weighted by molar-refractivity contribution is 0.00626. The van der Waals surface area contributed by atoms with Crippen molar-refractivity contribution in [3.05, 3.63) is 57.0 Å². The van der Waals surface area contributed by atoms with Gasteiger partial charge in [0.05, 0.1) is 0 Å². The van der Waals surface area contributed by atoms with Crippen LogP contribution in [0.25, 0.3) is 0 Å². The largest absolute Gasteiger partial charge is 0.477 e. The number of hydrogen-bond donors (Lipinski definition) is 1. The fraction of sp³-hybridized carbons (Fsp3) is 0.250. The number of carbonyl (C=O) groups is 2. The van der Waals surface area contributed by atoms with Crippen molar-refractivity contribution in [2.45, 2.75) is 26.4 Å². The first kappa shape index (κ1) is 20.2. The van der Waals surface area contributed by atoms with Gasteiger partial charge in [-0.15, -0.1) is 0 Å². The van der Waals surface area contributed by atoms with Crippen molar-refractivity contribution in [3.63, 3.8) is 0 Å². The summed E-state index contributed by atoms with van der Waals surface area (Å²) in [5.74, 6) is -1.41. The van der Waals surface area contributed by atoms with Crippen LogP contribution in [0.5, 0.6) is 0 Å². The number of carbonyl (C=O) groups excluding carboxylic acids is 1. The van der Waals surface area contributed by atoms with Gasteiger partial charge in [0.25, 0.3) is 0 Å². The monoisotopic (exact) mass is 458 g/mol. The summed E-state index contributed by atoms with van der Waals surface area (Å²) in [5.41, 5.74) is -0.0995. The number of halogens is 2. The zero-order valence-electron chi connectivity index (χ0n) is 13.3. The molecule has 0 aromatic carbocycles. The minimum Gasteiger partial charge on any atom is -0.477 e. The van der Waals surface area contributed by atoms with Crippen molar-refractivity contribution in [2.24, 2.45) is 0 Å². The minimum absolute atomic E-state index is 0.0585. The molecule has 0 bridgehead atoms. The van der Waals surface area contributed by atoms with Crippen LogP contribution in [-0.4, -0.2) is 32.6 Å². The molecule has 0 radical (unpaired) electrons. The molecule has 0 aliphatic carbocycles. The quantitative estimate of drug-likeness (QED) is 0.671. The van der Waals surface area contributed by atoms with E-state index in [0.29, 0.717) is 5.69 Å². The molecule has 6 nitrogen and oxygen atoms in total. The third-order valence-electron chi connectivity index (χ3n) is 2.28. The first-order valence-electron chi connectivity index (χ1n) is 6.78. The Morgan fingerprint density at radius 3 is 1.75 bits per heavy atom. The molecule has 0 aliphatic heterocycles. The molecule has 0 aliphatic rings. The van der Waals surface area contributed by atoms with Crippen molar-refractivity contribution in [2.75, 3.05) is 0 Å². The van der Waals surface area contributed by atoms with Crippen LogP contribution in [0, 0.1) is 0 Å². The molecule has 2 aromatic rings. The summed E-state index contributed by atoms with van der Waals surface area (Å²) >= 11 is 6.38. The number of ether oxygens (including phenoxy) is 1. The second-order valence-electron chi connectivity index (χ2n) is 5.53. The highest BCUT2D eigenvalue weighted by Gasteiger charge is 2.18. The lowest BCUT2D eigenvalue weighted by Gasteiger charge is -2.18. The van der Waals surface area contributed by atoms with Crippen molar-refractivity contribution in [1.29, 1.82) is 0 Å². The fourth-order valence-corrected chi connectivity index (χ4v) is 1.80. The van der Waals surface area contributed by atoms with Crippen LogP contribution < -0.4 is 0 Å². The summed E-state index contributed by atoms with van der Waals surface area (Å²) in [7, 11) is 0. The van der Waals surface area contributed by atoms with E-state index in [4.69, 9.17) is 9.84 Å². The fourth-order valence-electron chi connectivity index (χ4n) is 1.33. The molecule has 0 fully saturated rings. The lowest BCUT2D eigenvalue weighted by atomic mass is 10.2. The van der Waals surface area contributed by atoms with Gasteiger partial charge in [-0.2, -0.15) is 0 Å². The maximum Gasteiger partial charge on any atom is 0.357 e. The summed E-state index contributed by atoms with van der Waals surface area (Å²) in [5, 5.41) is 8.40. The number of rotatable bonds is 2. The molecule has 0 saturated heterocycles. The SMILES string of the molecule is CC(C)(C)OC(=O)c1ccc(Br)cn1.O=C(O)c1ccc(Br)cn1. The second-order valence-corrected chi connectivity index (χ2v) is 7.36. The smallest absolute Gasteiger partial charge is 0.357 e. The zero-order chi connectivity index (χ0) is 18.3. The Kier molecular flexibility index (Phi) is 7.50. The van der Waals surface area contributed by atoms with Crippen LogP contribution >= 0.6 is 31.9 Å². The summed E-state index contributed by atoms with van der Waals surface area (Å²) in [6.45, 7) is 5.47. The van der Waals surface area contributed by atoms with Gasteiger partial charge in [0.15, 0.2) is 0 Å². The highest BCUT2D eigenvalue weighted by atomic mass is 79.9. The summed E-state index contributed by atoms with van der Waals surface area (Å²) in [6, 6.07) is 6.45. The van der Waals surface area contributed by atoms with E-state index < -0.39 is 17.5 Å². The second kappa shape index (κ2) is 8.89. The van der Waals surface area contributed by atoms with Crippen LogP contribution in [0.4, 0.5) is 0 Å². The topological polar surface area (TPSA) is 89.4 Å². The molecule has 0 amide bonds. The van der Waals surface area contributed by atoms with Gasteiger partial charge >= 0.3 is 11.9 Å². The van der Waals surface area contributed by atoms with Crippen molar-refractivity contribution in [3.8, 4) is 0 Å². The van der Waals surface area contributed by atoms with Crippen molar-refractivity contribution < 1.29 is 19.4 Å². The number of carboxylic acid groups (broad SMARTS) is 1. The van der Waals surface area contributed by atoms with Crippen LogP contribution in [-0.2, 0) is 4.74 Å². The van der Waals surface area contributed by atoms with Crippen molar-refractivity contribution in [1.82, 2.24) is 9.97 Å². The molecule has 0 spiro atoms. The Balaban J connectivity index is 0.000000254. The van der Waals surface area contributed by atoms with E-state index >= 15 is 0 Å². The lowest BCUT2D eigenvalue weighted by Crippen LogP contribution is -2.24. The van der Waals surface area contributed by atoms with E-state index in [1.54, 1.807) is 24.4 Å². The van der Waals surface area contributed by atoms with E-state index in [-0.39, 0.29) is 5.69 Å². The van der Waals surface area contributed by atoms with Gasteiger partial charge in [0.2, 0.25) is 0 Å². The normalized spacial score (nSPS) is 10.4. The molecular formula is C16H16Br2N2O4. The average molecular weight is 460 g/mol. The predicted molar refractivity (Wildman–Crippen MR) is 96.0 cm³/mol. The van der Waals surface area contributed by atoms with Gasteiger partial charge in [-0.3, -0.25) is 0 Å². The number of aromatic carboxylic acids is 1. The molecule has 0 atom stereocenters. The summed E-state index contributed by atoms with van der Waals surface area (Å²) in [4.78, 5) is 29.3. The number of esters is 1. The first-order chi connectivity index (χ1) is 11.1. The van der Waals surface area contributed by atoms with Crippen LogP contribution in [0.1, 0.15) is 41.7 Å². The van der Waals surface area contributed by atoms with E-state index in [9.17, 15) is 9.59 Å². The molecule has 0 unspecified atom stereocenters. The van der Waals surface area contributed by atoms with Gasteiger partial charge in [-0.1, -0.05) is 0 Å². The van der Waals surface area contributed by atoms with Gasteiger partial charge < -0.3 is 9.84 Å². The maximum absolute atomic E-state index is 11.5. The summed E-state index contributed by atoms with van der Waals surface area (Å²) in [6.07, 6.45) is 3.02. The Hall–Kier alpha value is -1.80. The Bertz CT molecular complexity index is 696. The molecule has 2 aromatic heterocycles. The van der Waals surface area contributed by atoms with Crippen molar-refractivity contribution >= 4 is 43.8 Å². The van der Waals surface area contributed by atoms with Crippen LogP contribution in [0.2, 0.25) is 0 Å². The van der Waals surface area contributed by atoms with E-state index in [0.717, 1.165) is 8.95 Å². The molecule has 2 heterocycles. The highest BCUT2D eigenvalue weighted by Crippen LogP contribution is 2.12. The minimum atomic E-state index is -1.01. The first-order valence-corrected chi connectivity index (χ1v) is 8.37. The van der Waals surface area contributed by atoms with Gasteiger partial charge in [-0.25, -0.2) is 19.6 Å². The third kappa shape index (κ3) is 7.65.